The Morgan fingerprint density at radius 2 is 2.00 bits per heavy atom. The molecule has 0 radical (unpaired) electrons. The molecule has 5 nitrogen and oxygen atoms in total. The predicted molar refractivity (Wildman–Crippen MR) is 78.6 cm³/mol. The Balaban J connectivity index is 2.56. The van der Waals surface area contributed by atoms with Crippen LogP contribution in [0.3, 0.4) is 0 Å². The number of carbonyl (C=O) groups excluding carboxylic acids is 1. The van der Waals surface area contributed by atoms with Crippen molar-refractivity contribution in [1.82, 2.24) is 4.90 Å². The van der Waals surface area contributed by atoms with Crippen molar-refractivity contribution in [2.24, 2.45) is 0 Å². The van der Waals surface area contributed by atoms with Crippen LogP contribution in [-0.2, 0) is 4.79 Å². The summed E-state index contributed by atoms with van der Waals surface area (Å²) in [5, 5.41) is 20.2. The Labute approximate surface area is 132 Å². The van der Waals surface area contributed by atoms with Crippen LogP contribution in [0.2, 0.25) is 0 Å². The van der Waals surface area contributed by atoms with E-state index in [0.717, 1.165) is 4.90 Å². The summed E-state index contributed by atoms with van der Waals surface area (Å²) >= 11 is 0. The topological polar surface area (TPSA) is 76.4 Å². The number of hydrogen-bond acceptors (Lipinski definition) is 4. The predicted octanol–water partition coefficient (Wildman–Crippen LogP) is 2.13. The Kier molecular flexibility index (Phi) is 7.51. The Bertz CT molecular complexity index is 556. The number of aliphatic hydroxyl groups is 1. The van der Waals surface area contributed by atoms with Crippen LogP contribution in [0.1, 0.15) is 18.4 Å². The van der Waals surface area contributed by atoms with Crippen molar-refractivity contribution in [3.8, 4) is 6.07 Å². The number of anilines is 1. The Morgan fingerprint density at radius 3 is 2.61 bits per heavy atom. The highest BCUT2D eigenvalue weighted by molar-refractivity contribution is 5.92. The molecule has 1 aromatic carbocycles. The van der Waals surface area contributed by atoms with Gasteiger partial charge < -0.3 is 10.4 Å². The number of alkyl halides is 3. The van der Waals surface area contributed by atoms with Gasteiger partial charge in [0.2, 0.25) is 5.91 Å². The third-order valence-corrected chi connectivity index (χ3v) is 3.01. The van der Waals surface area contributed by atoms with E-state index in [-0.39, 0.29) is 38.1 Å². The number of carbonyl (C=O) groups is 1. The molecule has 126 valence electrons. The fraction of sp³-hybridized carbons (Fsp3) is 0.467. The molecule has 0 aromatic heterocycles. The summed E-state index contributed by atoms with van der Waals surface area (Å²) < 4.78 is 37.4. The van der Waals surface area contributed by atoms with Crippen molar-refractivity contribution < 1.29 is 23.1 Å². The number of aliphatic hydroxyl groups excluding tert-OH is 1. The largest absolute Gasteiger partial charge is 0.401 e. The normalized spacial score (nSPS) is 11.3. The van der Waals surface area contributed by atoms with Gasteiger partial charge in [-0.25, -0.2) is 0 Å². The van der Waals surface area contributed by atoms with Crippen molar-refractivity contribution in [2.75, 3.05) is 31.6 Å². The van der Waals surface area contributed by atoms with Crippen LogP contribution in [-0.4, -0.2) is 48.3 Å². The average Bonchev–Trinajstić information content (AvgIpc) is 2.49. The molecule has 0 fully saturated rings. The standard InChI is InChI=1S/C15H18F3N3O2/c16-15(17,18)11-21(7-3-9-22)8-6-14(23)20-13-5-2-1-4-12(13)10-19/h1-2,4-5,22H,3,6-9,11H2,(H,20,23). The van der Waals surface area contributed by atoms with Crippen LogP contribution in [0, 0.1) is 11.3 Å². The first-order chi connectivity index (χ1) is 10.9. The van der Waals surface area contributed by atoms with Crippen LogP contribution in [0.25, 0.3) is 0 Å². The summed E-state index contributed by atoms with van der Waals surface area (Å²) in [5.74, 6) is -0.469. The number of amides is 1. The third kappa shape index (κ3) is 7.63. The molecule has 0 unspecified atom stereocenters. The number of hydrogen-bond donors (Lipinski definition) is 2. The molecule has 1 aromatic rings. The van der Waals surface area contributed by atoms with Crippen molar-refractivity contribution in [2.45, 2.75) is 19.0 Å². The lowest BCUT2D eigenvalue weighted by molar-refractivity contribution is -0.147. The number of nitriles is 1. The number of rotatable bonds is 8. The lowest BCUT2D eigenvalue weighted by Crippen LogP contribution is -2.37. The minimum absolute atomic E-state index is 0.0536. The van der Waals surface area contributed by atoms with Crippen LogP contribution in [0.4, 0.5) is 18.9 Å². The molecule has 0 aliphatic rings. The van der Waals surface area contributed by atoms with Crippen molar-refractivity contribution in [1.29, 1.82) is 5.26 Å². The third-order valence-electron chi connectivity index (χ3n) is 3.01. The van der Waals surface area contributed by atoms with Gasteiger partial charge in [-0.2, -0.15) is 18.4 Å². The fourth-order valence-corrected chi connectivity index (χ4v) is 1.98. The second-order valence-corrected chi connectivity index (χ2v) is 4.92. The maximum atomic E-state index is 12.5. The Hall–Kier alpha value is -2.11. The molecule has 0 saturated carbocycles. The maximum Gasteiger partial charge on any atom is 0.401 e. The van der Waals surface area contributed by atoms with E-state index >= 15 is 0 Å². The monoisotopic (exact) mass is 329 g/mol. The molecule has 0 saturated heterocycles. The highest BCUT2D eigenvalue weighted by atomic mass is 19.4. The van der Waals surface area contributed by atoms with Gasteiger partial charge >= 0.3 is 6.18 Å². The molecule has 0 bridgehead atoms. The minimum Gasteiger partial charge on any atom is -0.396 e. The van der Waals surface area contributed by atoms with Gasteiger partial charge in [0.15, 0.2) is 0 Å². The van der Waals surface area contributed by atoms with E-state index in [1.165, 1.54) is 6.07 Å². The molecule has 0 aliphatic carbocycles. The fourth-order valence-electron chi connectivity index (χ4n) is 1.98. The van der Waals surface area contributed by atoms with Gasteiger partial charge in [-0.05, 0) is 18.6 Å². The van der Waals surface area contributed by atoms with E-state index in [1.54, 1.807) is 18.2 Å². The van der Waals surface area contributed by atoms with E-state index in [0.29, 0.717) is 5.69 Å². The quantitative estimate of drug-likeness (QED) is 0.766. The SMILES string of the molecule is N#Cc1ccccc1NC(=O)CCN(CCCO)CC(F)(F)F. The minimum atomic E-state index is -4.36. The molecular weight excluding hydrogens is 311 g/mol. The average molecular weight is 329 g/mol. The summed E-state index contributed by atoms with van der Waals surface area (Å²) in [4.78, 5) is 12.9. The van der Waals surface area contributed by atoms with E-state index in [1.807, 2.05) is 6.07 Å². The highest BCUT2D eigenvalue weighted by Gasteiger charge is 2.30. The molecule has 0 heterocycles. The number of benzene rings is 1. The summed E-state index contributed by atoms with van der Waals surface area (Å²) in [6.07, 6.45) is -4.30. The first-order valence-electron chi connectivity index (χ1n) is 7.04. The second-order valence-electron chi connectivity index (χ2n) is 4.92. The summed E-state index contributed by atoms with van der Waals surface area (Å²) in [7, 11) is 0. The van der Waals surface area contributed by atoms with Crippen LogP contribution >= 0.6 is 0 Å². The lowest BCUT2D eigenvalue weighted by Gasteiger charge is -2.23. The lowest BCUT2D eigenvalue weighted by atomic mass is 10.2. The van der Waals surface area contributed by atoms with Crippen molar-refractivity contribution in [3.05, 3.63) is 29.8 Å². The van der Waals surface area contributed by atoms with Gasteiger partial charge in [0.05, 0.1) is 17.8 Å². The van der Waals surface area contributed by atoms with Gasteiger partial charge in [0, 0.05) is 26.1 Å². The smallest absolute Gasteiger partial charge is 0.396 e. The molecule has 23 heavy (non-hydrogen) atoms. The number of nitrogens with zero attached hydrogens (tertiary/aromatic N) is 2. The van der Waals surface area contributed by atoms with E-state index < -0.39 is 18.6 Å². The van der Waals surface area contributed by atoms with Gasteiger partial charge in [-0.1, -0.05) is 12.1 Å². The van der Waals surface area contributed by atoms with Crippen molar-refractivity contribution >= 4 is 11.6 Å². The number of para-hydroxylation sites is 1. The Morgan fingerprint density at radius 1 is 1.30 bits per heavy atom. The zero-order valence-corrected chi connectivity index (χ0v) is 12.4. The maximum absolute atomic E-state index is 12.5. The molecule has 1 rings (SSSR count). The van der Waals surface area contributed by atoms with Gasteiger partial charge in [0.1, 0.15) is 6.07 Å². The summed E-state index contributed by atoms with van der Waals surface area (Å²) in [6.45, 7) is -1.37. The van der Waals surface area contributed by atoms with Gasteiger partial charge in [-0.15, -0.1) is 0 Å². The van der Waals surface area contributed by atoms with Crippen LogP contribution < -0.4 is 5.32 Å². The molecule has 2 N–H and O–H groups in total. The van der Waals surface area contributed by atoms with E-state index in [4.69, 9.17) is 10.4 Å². The zero-order valence-electron chi connectivity index (χ0n) is 12.4. The number of halogens is 3. The van der Waals surface area contributed by atoms with Crippen LogP contribution in [0.15, 0.2) is 24.3 Å². The van der Waals surface area contributed by atoms with Crippen molar-refractivity contribution in [3.63, 3.8) is 0 Å². The highest BCUT2D eigenvalue weighted by Crippen LogP contribution is 2.17. The van der Waals surface area contributed by atoms with Gasteiger partial charge in [-0.3, -0.25) is 9.69 Å². The number of nitrogens with one attached hydrogen (secondary N) is 1. The van der Waals surface area contributed by atoms with Gasteiger partial charge in [0.25, 0.3) is 0 Å². The van der Waals surface area contributed by atoms with E-state index in [2.05, 4.69) is 5.32 Å². The zero-order chi connectivity index (χ0) is 17.3. The summed E-state index contributed by atoms with van der Waals surface area (Å²) in [6, 6.07) is 8.30. The second kappa shape index (κ2) is 9.12. The first kappa shape index (κ1) is 18.9. The summed E-state index contributed by atoms with van der Waals surface area (Å²) in [5.41, 5.74) is 0.617. The molecule has 0 atom stereocenters. The van der Waals surface area contributed by atoms with E-state index in [9.17, 15) is 18.0 Å². The molecule has 8 heteroatoms. The molecule has 0 spiro atoms. The molecule has 0 aliphatic heterocycles. The molecule has 1 amide bonds. The van der Waals surface area contributed by atoms with Crippen LogP contribution in [0.5, 0.6) is 0 Å². The molecular formula is C15H18F3N3O2. The first-order valence-corrected chi connectivity index (χ1v) is 7.04.